The molecule has 120 valence electrons. The molecule has 2 rings (SSSR count). The molecule has 0 aromatic heterocycles. The van der Waals surface area contributed by atoms with E-state index < -0.39 is 0 Å². The quantitative estimate of drug-likeness (QED) is 0.763. The number of halogens is 3. The molecule has 21 heavy (non-hydrogen) atoms. The molecule has 1 saturated heterocycles. The van der Waals surface area contributed by atoms with E-state index in [1.165, 1.54) is 0 Å². The topological polar surface area (TPSA) is 44.7 Å². The number of piperazine rings is 1. The molecule has 1 fully saturated rings. The van der Waals surface area contributed by atoms with Crippen molar-refractivity contribution in [1.82, 2.24) is 10.2 Å². The van der Waals surface area contributed by atoms with Gasteiger partial charge in [0.25, 0.3) is 0 Å². The van der Waals surface area contributed by atoms with Crippen LogP contribution >= 0.6 is 40.7 Å². The van der Waals surface area contributed by atoms with Crippen LogP contribution in [0, 0.1) is 0 Å². The van der Waals surface area contributed by atoms with Crippen molar-refractivity contribution in [2.75, 3.05) is 33.3 Å². The lowest BCUT2D eigenvalue weighted by atomic mass is 10.0. The number of benzene rings is 1. The monoisotopic (exact) mass is 398 g/mol. The number of phenolic OH excluding ortho intramolecular Hbond substituents is 1. The van der Waals surface area contributed by atoms with Crippen LogP contribution in [0.4, 0.5) is 0 Å². The number of methoxy groups -OCH3 is 1. The molecule has 1 atom stereocenters. The van der Waals surface area contributed by atoms with Gasteiger partial charge in [-0.3, -0.25) is 4.90 Å². The van der Waals surface area contributed by atoms with Gasteiger partial charge in [0.05, 0.1) is 17.6 Å². The largest absolute Gasteiger partial charge is 0.506 e. The van der Waals surface area contributed by atoms with Gasteiger partial charge in [0.15, 0.2) is 0 Å². The maximum Gasteiger partial charge on any atom is 0.135 e. The molecule has 1 aromatic carbocycles. The average molecular weight is 400 g/mol. The Kier molecular flexibility index (Phi) is 9.33. The molecule has 0 unspecified atom stereocenters. The summed E-state index contributed by atoms with van der Waals surface area (Å²) in [7, 11) is 1.62. The molecule has 1 aliphatic heterocycles. The van der Waals surface area contributed by atoms with E-state index in [1.807, 2.05) is 12.1 Å². The van der Waals surface area contributed by atoms with E-state index in [-0.39, 0.29) is 36.6 Å². The van der Waals surface area contributed by atoms with Crippen molar-refractivity contribution in [3.05, 3.63) is 34.8 Å². The third kappa shape index (κ3) is 4.76. The summed E-state index contributed by atoms with van der Waals surface area (Å²) in [6, 6.07) is 3.62. The fourth-order valence-electron chi connectivity index (χ4n) is 2.37. The van der Waals surface area contributed by atoms with E-state index in [0.29, 0.717) is 4.47 Å². The van der Waals surface area contributed by atoms with Gasteiger partial charge < -0.3 is 15.2 Å². The Morgan fingerprint density at radius 1 is 1.38 bits per heavy atom. The molecular weight excluding hydrogens is 379 g/mol. The molecule has 0 radical (unpaired) electrons. The van der Waals surface area contributed by atoms with Gasteiger partial charge in [0, 0.05) is 31.7 Å². The lowest BCUT2D eigenvalue weighted by Crippen LogP contribution is -2.44. The summed E-state index contributed by atoms with van der Waals surface area (Å²) in [5.41, 5.74) is 0.822. The van der Waals surface area contributed by atoms with Gasteiger partial charge in [-0.15, -0.1) is 31.4 Å². The van der Waals surface area contributed by atoms with Gasteiger partial charge in [-0.2, -0.15) is 0 Å². The van der Waals surface area contributed by atoms with Crippen LogP contribution in [0.15, 0.2) is 29.3 Å². The van der Waals surface area contributed by atoms with Crippen LogP contribution in [0.5, 0.6) is 11.5 Å². The fourth-order valence-corrected chi connectivity index (χ4v) is 2.83. The van der Waals surface area contributed by atoms with Crippen LogP contribution in [-0.4, -0.2) is 43.3 Å². The number of aromatic hydroxyl groups is 1. The third-order valence-corrected chi connectivity index (χ3v) is 3.99. The van der Waals surface area contributed by atoms with Gasteiger partial charge in [-0.05, 0) is 28.1 Å². The number of phenols is 1. The predicted molar refractivity (Wildman–Crippen MR) is 94.2 cm³/mol. The zero-order valence-electron chi connectivity index (χ0n) is 11.8. The van der Waals surface area contributed by atoms with Crippen LogP contribution in [0.25, 0.3) is 0 Å². The first kappa shape index (κ1) is 20.5. The molecule has 1 aromatic rings. The van der Waals surface area contributed by atoms with Crippen molar-refractivity contribution in [3.8, 4) is 11.5 Å². The second-order valence-electron chi connectivity index (χ2n) is 4.51. The first-order valence-corrected chi connectivity index (χ1v) is 7.10. The van der Waals surface area contributed by atoms with Gasteiger partial charge in [0.2, 0.25) is 0 Å². The first-order valence-electron chi connectivity index (χ1n) is 6.31. The Morgan fingerprint density at radius 2 is 2.00 bits per heavy atom. The van der Waals surface area contributed by atoms with Crippen molar-refractivity contribution in [1.29, 1.82) is 0 Å². The normalized spacial score (nSPS) is 16.3. The maximum atomic E-state index is 10.3. The number of rotatable bonds is 4. The van der Waals surface area contributed by atoms with Gasteiger partial charge >= 0.3 is 0 Å². The molecule has 1 aliphatic rings. The summed E-state index contributed by atoms with van der Waals surface area (Å²) in [6.45, 7) is 7.69. The van der Waals surface area contributed by atoms with Crippen LogP contribution in [0.2, 0.25) is 0 Å². The Labute approximate surface area is 146 Å². The zero-order valence-corrected chi connectivity index (χ0v) is 15.1. The second-order valence-corrected chi connectivity index (χ2v) is 5.37. The van der Waals surface area contributed by atoms with Gasteiger partial charge in [-0.1, -0.05) is 6.08 Å². The SMILES string of the molecule is C=C[C@H](c1cc(OC)cc(Br)c1O)N1CCNCC1.Cl.Cl. The summed E-state index contributed by atoms with van der Waals surface area (Å²) in [5, 5.41) is 13.6. The highest BCUT2D eigenvalue weighted by Crippen LogP contribution is 2.38. The molecule has 7 heteroatoms. The summed E-state index contributed by atoms with van der Waals surface area (Å²) in [5.74, 6) is 0.978. The number of hydrogen-bond donors (Lipinski definition) is 2. The zero-order chi connectivity index (χ0) is 13.8. The lowest BCUT2D eigenvalue weighted by Gasteiger charge is -2.33. The maximum absolute atomic E-state index is 10.3. The highest BCUT2D eigenvalue weighted by atomic mass is 79.9. The van der Waals surface area contributed by atoms with Gasteiger partial charge in [-0.25, -0.2) is 0 Å². The number of nitrogens with one attached hydrogen (secondary N) is 1. The molecule has 0 bridgehead atoms. The standard InChI is InChI=1S/C14H19BrN2O2.2ClH/c1-3-13(17-6-4-16-5-7-17)11-8-10(19-2)9-12(15)14(11)18;;/h3,8-9,13,16,18H,1,4-7H2,2H3;2*1H/t13-;;/m1../s1. The Hall–Kier alpha value is -0.460. The van der Waals surface area contributed by atoms with E-state index in [9.17, 15) is 5.11 Å². The Bertz CT molecular complexity index is 469. The highest BCUT2D eigenvalue weighted by molar-refractivity contribution is 9.10. The average Bonchev–Trinajstić information content (AvgIpc) is 2.45. The minimum atomic E-state index is -0.00602. The van der Waals surface area contributed by atoms with E-state index in [1.54, 1.807) is 13.2 Å². The molecule has 0 spiro atoms. The van der Waals surface area contributed by atoms with Crippen LogP contribution in [-0.2, 0) is 0 Å². The molecule has 0 aliphatic carbocycles. The van der Waals surface area contributed by atoms with Gasteiger partial charge in [0.1, 0.15) is 11.5 Å². The predicted octanol–water partition coefficient (Wildman–Crippen LogP) is 3.14. The summed E-state index contributed by atoms with van der Waals surface area (Å²) in [4.78, 5) is 2.30. The molecule has 0 saturated carbocycles. The second kappa shape index (κ2) is 9.54. The van der Waals surface area contributed by atoms with Crippen molar-refractivity contribution in [3.63, 3.8) is 0 Å². The summed E-state index contributed by atoms with van der Waals surface area (Å²) in [6.07, 6.45) is 1.87. The lowest BCUT2D eigenvalue weighted by molar-refractivity contribution is 0.200. The number of ether oxygens (including phenoxy) is 1. The molecular formula is C14H21BrCl2N2O2. The molecule has 0 amide bonds. The fraction of sp³-hybridized carbons (Fsp3) is 0.429. The molecule has 2 N–H and O–H groups in total. The van der Waals surface area contributed by atoms with Crippen LogP contribution in [0.3, 0.4) is 0 Å². The van der Waals surface area contributed by atoms with Crippen molar-refractivity contribution < 1.29 is 9.84 Å². The van der Waals surface area contributed by atoms with Crippen molar-refractivity contribution in [2.45, 2.75) is 6.04 Å². The van der Waals surface area contributed by atoms with E-state index in [4.69, 9.17) is 4.74 Å². The summed E-state index contributed by atoms with van der Waals surface area (Å²) >= 11 is 3.36. The summed E-state index contributed by atoms with van der Waals surface area (Å²) < 4.78 is 5.91. The van der Waals surface area contributed by atoms with Crippen LogP contribution in [0.1, 0.15) is 11.6 Å². The first-order chi connectivity index (χ1) is 9.17. The minimum absolute atomic E-state index is 0. The Balaban J connectivity index is 0.00000200. The van der Waals surface area contributed by atoms with E-state index in [0.717, 1.165) is 37.5 Å². The van der Waals surface area contributed by atoms with E-state index >= 15 is 0 Å². The number of nitrogens with zero attached hydrogens (tertiary/aromatic N) is 1. The van der Waals surface area contributed by atoms with E-state index in [2.05, 4.69) is 32.7 Å². The smallest absolute Gasteiger partial charge is 0.135 e. The van der Waals surface area contributed by atoms with Crippen molar-refractivity contribution in [2.24, 2.45) is 0 Å². The van der Waals surface area contributed by atoms with Crippen molar-refractivity contribution >= 4 is 40.7 Å². The minimum Gasteiger partial charge on any atom is -0.506 e. The molecule has 4 nitrogen and oxygen atoms in total. The molecule has 1 heterocycles. The highest BCUT2D eigenvalue weighted by Gasteiger charge is 2.23. The van der Waals surface area contributed by atoms with Crippen LogP contribution < -0.4 is 10.1 Å². The third-order valence-electron chi connectivity index (χ3n) is 3.39. The number of hydrogen-bond acceptors (Lipinski definition) is 4. The Morgan fingerprint density at radius 3 is 2.52 bits per heavy atom.